The topological polar surface area (TPSA) is 49.2 Å². The molecule has 1 aliphatic rings. The van der Waals surface area contributed by atoms with Crippen molar-refractivity contribution in [2.24, 2.45) is 0 Å². The SMILES string of the molecule is Cc1nccc(CN2CCC(CO)(c3ccccc3)C2)n1. The molecule has 1 aromatic heterocycles. The summed E-state index contributed by atoms with van der Waals surface area (Å²) in [6, 6.07) is 12.3. The summed E-state index contributed by atoms with van der Waals surface area (Å²) in [4.78, 5) is 11.0. The molecule has 2 heterocycles. The average molecular weight is 283 g/mol. The highest BCUT2D eigenvalue weighted by Gasteiger charge is 2.39. The Morgan fingerprint density at radius 1 is 1.24 bits per heavy atom. The van der Waals surface area contributed by atoms with Gasteiger partial charge in [-0.25, -0.2) is 9.97 Å². The standard InChI is InChI=1S/C17H21N3O/c1-14-18-9-7-16(19-14)11-20-10-8-17(12-20,13-21)15-5-3-2-4-6-15/h2-7,9,21H,8,10-13H2,1H3. The second-order valence-electron chi connectivity index (χ2n) is 5.86. The summed E-state index contributed by atoms with van der Waals surface area (Å²) < 4.78 is 0. The van der Waals surface area contributed by atoms with E-state index < -0.39 is 0 Å². The number of benzene rings is 1. The van der Waals surface area contributed by atoms with Crippen LogP contribution in [-0.2, 0) is 12.0 Å². The minimum absolute atomic E-state index is 0.136. The molecule has 0 bridgehead atoms. The highest BCUT2D eigenvalue weighted by Crippen LogP contribution is 2.34. The van der Waals surface area contributed by atoms with Gasteiger partial charge in [0.1, 0.15) is 5.82 Å². The van der Waals surface area contributed by atoms with Gasteiger partial charge in [0, 0.05) is 24.7 Å². The van der Waals surface area contributed by atoms with Crippen LogP contribution in [0.25, 0.3) is 0 Å². The lowest BCUT2D eigenvalue weighted by atomic mass is 9.80. The van der Waals surface area contributed by atoms with Crippen LogP contribution in [0.3, 0.4) is 0 Å². The molecule has 1 atom stereocenters. The number of hydrogen-bond donors (Lipinski definition) is 1. The molecule has 110 valence electrons. The normalized spacial score (nSPS) is 22.6. The first kappa shape index (κ1) is 14.2. The van der Waals surface area contributed by atoms with E-state index >= 15 is 0 Å². The third kappa shape index (κ3) is 2.96. The van der Waals surface area contributed by atoms with E-state index in [2.05, 4.69) is 27.0 Å². The lowest BCUT2D eigenvalue weighted by Gasteiger charge is -2.27. The summed E-state index contributed by atoms with van der Waals surface area (Å²) >= 11 is 0. The molecule has 0 aliphatic carbocycles. The largest absolute Gasteiger partial charge is 0.395 e. The van der Waals surface area contributed by atoms with E-state index in [0.717, 1.165) is 37.6 Å². The quantitative estimate of drug-likeness (QED) is 0.931. The van der Waals surface area contributed by atoms with Crippen LogP contribution >= 0.6 is 0 Å². The van der Waals surface area contributed by atoms with Crippen molar-refractivity contribution in [3.8, 4) is 0 Å². The summed E-state index contributed by atoms with van der Waals surface area (Å²) in [5.74, 6) is 0.808. The van der Waals surface area contributed by atoms with E-state index in [0.29, 0.717) is 0 Å². The zero-order chi connectivity index (χ0) is 14.7. The van der Waals surface area contributed by atoms with E-state index in [-0.39, 0.29) is 12.0 Å². The zero-order valence-corrected chi connectivity index (χ0v) is 12.4. The summed E-state index contributed by atoms with van der Waals surface area (Å²) in [5, 5.41) is 9.95. The minimum Gasteiger partial charge on any atom is -0.395 e. The van der Waals surface area contributed by atoms with Gasteiger partial charge < -0.3 is 5.11 Å². The van der Waals surface area contributed by atoms with Gasteiger partial charge in [-0.1, -0.05) is 30.3 Å². The molecule has 1 fully saturated rings. The number of aryl methyl sites for hydroxylation is 1. The highest BCUT2D eigenvalue weighted by atomic mass is 16.3. The van der Waals surface area contributed by atoms with Gasteiger partial charge >= 0.3 is 0 Å². The van der Waals surface area contributed by atoms with Gasteiger partial charge in [-0.3, -0.25) is 4.90 Å². The molecule has 1 aromatic carbocycles. The van der Waals surface area contributed by atoms with E-state index in [1.165, 1.54) is 5.56 Å². The Balaban J connectivity index is 1.75. The van der Waals surface area contributed by atoms with Crippen LogP contribution in [-0.4, -0.2) is 39.7 Å². The van der Waals surface area contributed by atoms with Crippen molar-refractivity contribution in [2.45, 2.75) is 25.3 Å². The molecule has 0 radical (unpaired) electrons. The van der Waals surface area contributed by atoms with E-state index in [1.807, 2.05) is 37.4 Å². The molecule has 0 amide bonds. The molecule has 0 saturated carbocycles. The number of aliphatic hydroxyl groups is 1. The van der Waals surface area contributed by atoms with Crippen molar-refractivity contribution in [1.82, 2.24) is 14.9 Å². The van der Waals surface area contributed by atoms with E-state index in [4.69, 9.17) is 0 Å². The van der Waals surface area contributed by atoms with Crippen LogP contribution in [0.5, 0.6) is 0 Å². The fraction of sp³-hybridized carbons (Fsp3) is 0.412. The molecule has 2 aromatic rings. The molecule has 3 rings (SSSR count). The summed E-state index contributed by atoms with van der Waals surface area (Å²) in [5.41, 5.74) is 2.14. The van der Waals surface area contributed by atoms with Crippen LogP contribution in [0, 0.1) is 6.92 Å². The smallest absolute Gasteiger partial charge is 0.125 e. The van der Waals surface area contributed by atoms with E-state index in [9.17, 15) is 5.11 Å². The monoisotopic (exact) mass is 283 g/mol. The third-order valence-corrected chi connectivity index (χ3v) is 4.34. The number of rotatable bonds is 4. The molecule has 1 aliphatic heterocycles. The molecule has 1 N–H and O–H groups in total. The number of likely N-dealkylation sites (tertiary alicyclic amines) is 1. The Hall–Kier alpha value is -1.78. The first-order valence-electron chi connectivity index (χ1n) is 7.39. The molecule has 21 heavy (non-hydrogen) atoms. The average Bonchev–Trinajstić information content (AvgIpc) is 2.93. The fourth-order valence-corrected chi connectivity index (χ4v) is 3.16. The van der Waals surface area contributed by atoms with Crippen molar-refractivity contribution in [3.05, 3.63) is 59.7 Å². The maximum absolute atomic E-state index is 9.95. The van der Waals surface area contributed by atoms with Crippen molar-refractivity contribution >= 4 is 0 Å². The first-order chi connectivity index (χ1) is 10.2. The van der Waals surface area contributed by atoms with Gasteiger partial charge in [0.2, 0.25) is 0 Å². The number of aromatic nitrogens is 2. The fourth-order valence-electron chi connectivity index (χ4n) is 3.16. The van der Waals surface area contributed by atoms with Crippen molar-refractivity contribution in [1.29, 1.82) is 0 Å². The molecule has 1 unspecified atom stereocenters. The Kier molecular flexibility index (Phi) is 3.99. The number of nitrogens with zero attached hydrogens (tertiary/aromatic N) is 3. The Morgan fingerprint density at radius 3 is 2.76 bits per heavy atom. The summed E-state index contributed by atoms with van der Waals surface area (Å²) in [6.07, 6.45) is 2.79. The number of hydrogen-bond acceptors (Lipinski definition) is 4. The molecular formula is C17H21N3O. The van der Waals surface area contributed by atoms with Crippen LogP contribution in [0.2, 0.25) is 0 Å². The van der Waals surface area contributed by atoms with Crippen LogP contribution in [0.15, 0.2) is 42.6 Å². The van der Waals surface area contributed by atoms with Crippen LogP contribution in [0.4, 0.5) is 0 Å². The van der Waals surface area contributed by atoms with Gasteiger partial charge in [0.25, 0.3) is 0 Å². The van der Waals surface area contributed by atoms with Gasteiger partial charge in [0.15, 0.2) is 0 Å². The highest BCUT2D eigenvalue weighted by molar-refractivity contribution is 5.28. The Bertz CT molecular complexity index is 602. The molecular weight excluding hydrogens is 262 g/mol. The maximum Gasteiger partial charge on any atom is 0.125 e. The molecule has 4 heteroatoms. The predicted octanol–water partition coefficient (Wildman–Crippen LogP) is 1.92. The van der Waals surface area contributed by atoms with Gasteiger partial charge in [-0.15, -0.1) is 0 Å². The van der Waals surface area contributed by atoms with Gasteiger partial charge in [-0.05, 0) is 31.5 Å². The van der Waals surface area contributed by atoms with Crippen molar-refractivity contribution in [2.75, 3.05) is 19.7 Å². The zero-order valence-electron chi connectivity index (χ0n) is 12.4. The van der Waals surface area contributed by atoms with Gasteiger partial charge in [0.05, 0.1) is 12.3 Å². The molecule has 0 spiro atoms. The summed E-state index contributed by atoms with van der Waals surface area (Å²) in [7, 11) is 0. The maximum atomic E-state index is 9.95. The Morgan fingerprint density at radius 2 is 2.05 bits per heavy atom. The third-order valence-electron chi connectivity index (χ3n) is 4.34. The van der Waals surface area contributed by atoms with Crippen molar-refractivity contribution in [3.63, 3.8) is 0 Å². The predicted molar refractivity (Wildman–Crippen MR) is 81.9 cm³/mol. The van der Waals surface area contributed by atoms with Crippen LogP contribution in [0.1, 0.15) is 23.5 Å². The summed E-state index contributed by atoms with van der Waals surface area (Å²) in [6.45, 7) is 4.78. The van der Waals surface area contributed by atoms with Crippen LogP contribution < -0.4 is 0 Å². The minimum atomic E-state index is -0.136. The van der Waals surface area contributed by atoms with Crippen molar-refractivity contribution < 1.29 is 5.11 Å². The second kappa shape index (κ2) is 5.92. The first-order valence-corrected chi connectivity index (χ1v) is 7.39. The van der Waals surface area contributed by atoms with E-state index in [1.54, 1.807) is 0 Å². The molecule has 1 saturated heterocycles. The molecule has 4 nitrogen and oxygen atoms in total. The lowest BCUT2D eigenvalue weighted by molar-refractivity contribution is 0.188. The number of aliphatic hydroxyl groups excluding tert-OH is 1. The van der Waals surface area contributed by atoms with Gasteiger partial charge in [-0.2, -0.15) is 0 Å². The lowest BCUT2D eigenvalue weighted by Crippen LogP contribution is -2.34. The Labute approximate surface area is 125 Å². The second-order valence-corrected chi connectivity index (χ2v) is 5.86.